The molecule has 1 unspecified atom stereocenters. The highest BCUT2D eigenvalue weighted by Crippen LogP contribution is 2.15. The molecule has 0 aliphatic carbocycles. The van der Waals surface area contributed by atoms with Crippen molar-refractivity contribution in [2.45, 2.75) is 11.4 Å². The third-order valence-electron chi connectivity index (χ3n) is 2.23. The Morgan fingerprint density at radius 2 is 2.00 bits per heavy atom. The molecule has 0 bridgehead atoms. The van der Waals surface area contributed by atoms with Gasteiger partial charge < -0.3 is 5.32 Å². The molecule has 0 aliphatic heterocycles. The first-order chi connectivity index (χ1) is 7.75. The van der Waals surface area contributed by atoms with Gasteiger partial charge in [0, 0.05) is 39.1 Å². The zero-order chi connectivity index (χ0) is 11.4. The van der Waals surface area contributed by atoms with Crippen molar-refractivity contribution in [3.8, 4) is 0 Å². The summed E-state index contributed by atoms with van der Waals surface area (Å²) in [5, 5.41) is 5.39. The van der Waals surface area contributed by atoms with Crippen LogP contribution in [0.5, 0.6) is 0 Å². The summed E-state index contributed by atoms with van der Waals surface area (Å²) in [4.78, 5) is 2.17. The van der Waals surface area contributed by atoms with Gasteiger partial charge in [-0.25, -0.2) is 0 Å². The lowest BCUT2D eigenvalue weighted by Gasteiger charge is -2.05. The largest absolute Gasteiger partial charge is 0.380 e. The number of hydrogen-bond donors (Lipinski definition) is 1. The fourth-order valence-electron chi connectivity index (χ4n) is 1.37. The van der Waals surface area contributed by atoms with Crippen LogP contribution in [-0.2, 0) is 17.3 Å². The Morgan fingerprint density at radius 1 is 1.25 bits per heavy atom. The molecule has 84 valence electrons. The lowest BCUT2D eigenvalue weighted by atomic mass is 10.3. The van der Waals surface area contributed by atoms with Gasteiger partial charge in [-0.15, -0.1) is 11.3 Å². The van der Waals surface area contributed by atoms with Gasteiger partial charge in [0.2, 0.25) is 0 Å². The second-order valence-corrected chi connectivity index (χ2v) is 5.82. The highest BCUT2D eigenvalue weighted by molar-refractivity contribution is 7.84. The Hall–Kier alpha value is -1.13. The fourth-order valence-corrected chi connectivity index (χ4v) is 2.53. The molecule has 1 N–H and O–H groups in total. The average molecular weight is 251 g/mol. The van der Waals surface area contributed by atoms with Gasteiger partial charge in [0.15, 0.2) is 0 Å². The minimum atomic E-state index is -0.896. The van der Waals surface area contributed by atoms with Crippen LogP contribution in [0.2, 0.25) is 0 Å². The van der Waals surface area contributed by atoms with E-state index in [-0.39, 0.29) is 0 Å². The molecule has 0 amide bonds. The molecule has 2 nitrogen and oxygen atoms in total. The Morgan fingerprint density at radius 3 is 2.56 bits per heavy atom. The van der Waals surface area contributed by atoms with E-state index in [4.69, 9.17) is 0 Å². The third kappa shape index (κ3) is 2.93. The van der Waals surface area contributed by atoms with Crippen molar-refractivity contribution in [2.24, 2.45) is 0 Å². The second kappa shape index (κ2) is 5.27. The lowest BCUT2D eigenvalue weighted by Crippen LogP contribution is -1.97. The van der Waals surface area contributed by atoms with Crippen molar-refractivity contribution < 1.29 is 4.21 Å². The van der Waals surface area contributed by atoms with Gasteiger partial charge in [-0.2, -0.15) is 0 Å². The molecule has 0 spiro atoms. The maximum atomic E-state index is 11.2. The Balaban J connectivity index is 1.98. The molecular formula is C12H13NOS2. The number of hydrogen-bond acceptors (Lipinski definition) is 3. The van der Waals surface area contributed by atoms with Crippen LogP contribution in [0.1, 0.15) is 4.88 Å². The first-order valence-electron chi connectivity index (χ1n) is 4.95. The number of rotatable bonds is 4. The molecule has 0 saturated carbocycles. The predicted octanol–water partition coefficient (Wildman–Crippen LogP) is 3.10. The highest BCUT2D eigenvalue weighted by atomic mass is 32.2. The van der Waals surface area contributed by atoms with Crippen LogP contribution in [-0.4, -0.2) is 10.5 Å². The number of benzene rings is 1. The van der Waals surface area contributed by atoms with Gasteiger partial charge in [-0.3, -0.25) is 4.21 Å². The van der Waals surface area contributed by atoms with E-state index in [0.29, 0.717) is 0 Å². The summed E-state index contributed by atoms with van der Waals surface area (Å²) in [5.41, 5.74) is 1.06. The summed E-state index contributed by atoms with van der Waals surface area (Å²) in [6, 6.07) is 11.9. The molecule has 2 rings (SSSR count). The van der Waals surface area contributed by atoms with Gasteiger partial charge >= 0.3 is 0 Å². The molecule has 16 heavy (non-hydrogen) atoms. The van der Waals surface area contributed by atoms with Gasteiger partial charge in [0.05, 0.1) is 0 Å². The second-order valence-electron chi connectivity index (χ2n) is 3.41. The van der Waals surface area contributed by atoms with Gasteiger partial charge in [-0.1, -0.05) is 6.07 Å². The summed E-state index contributed by atoms with van der Waals surface area (Å²) in [5.74, 6) is 0. The molecule has 1 heterocycles. The van der Waals surface area contributed by atoms with Crippen molar-refractivity contribution in [2.75, 3.05) is 11.6 Å². The Bertz CT molecular complexity index is 462. The van der Waals surface area contributed by atoms with E-state index in [1.807, 2.05) is 30.3 Å². The summed E-state index contributed by atoms with van der Waals surface area (Å²) in [6.45, 7) is 0.840. The van der Waals surface area contributed by atoms with Crippen molar-refractivity contribution >= 4 is 27.8 Å². The molecule has 4 heteroatoms. The van der Waals surface area contributed by atoms with Crippen LogP contribution < -0.4 is 5.32 Å². The summed E-state index contributed by atoms with van der Waals surface area (Å²) in [6.07, 6.45) is 1.69. The fraction of sp³-hybridized carbons (Fsp3) is 0.167. The molecule has 0 fully saturated rings. The quantitative estimate of drug-likeness (QED) is 0.904. The van der Waals surface area contributed by atoms with Crippen LogP contribution in [0.3, 0.4) is 0 Å². The Labute approximate surface area is 102 Å². The van der Waals surface area contributed by atoms with E-state index in [2.05, 4.69) is 16.8 Å². The first-order valence-corrected chi connectivity index (χ1v) is 7.39. The van der Waals surface area contributed by atoms with Crippen molar-refractivity contribution in [1.29, 1.82) is 0 Å². The van der Waals surface area contributed by atoms with E-state index in [0.717, 1.165) is 17.1 Å². The molecule has 0 radical (unpaired) electrons. The zero-order valence-corrected chi connectivity index (χ0v) is 10.6. The van der Waals surface area contributed by atoms with E-state index >= 15 is 0 Å². The maximum Gasteiger partial charge on any atom is 0.0498 e. The SMILES string of the molecule is CS(=O)c1ccc(NCc2cccs2)cc1. The van der Waals surface area contributed by atoms with Gasteiger partial charge in [0.25, 0.3) is 0 Å². The smallest absolute Gasteiger partial charge is 0.0498 e. The third-order valence-corrected chi connectivity index (χ3v) is 4.05. The summed E-state index contributed by atoms with van der Waals surface area (Å²) >= 11 is 1.74. The van der Waals surface area contributed by atoms with Crippen LogP contribution in [0.15, 0.2) is 46.7 Å². The topological polar surface area (TPSA) is 29.1 Å². The van der Waals surface area contributed by atoms with Crippen molar-refractivity contribution in [3.05, 3.63) is 46.7 Å². The minimum absolute atomic E-state index is 0.840. The van der Waals surface area contributed by atoms with E-state index < -0.39 is 10.8 Å². The summed E-state index contributed by atoms with van der Waals surface area (Å²) < 4.78 is 11.2. The molecule has 2 aromatic rings. The molecule has 0 saturated heterocycles. The summed E-state index contributed by atoms with van der Waals surface area (Å²) in [7, 11) is -0.896. The average Bonchev–Trinajstić information content (AvgIpc) is 2.80. The lowest BCUT2D eigenvalue weighted by molar-refractivity contribution is 0.687. The minimum Gasteiger partial charge on any atom is -0.380 e. The first kappa shape index (κ1) is 11.4. The van der Waals surface area contributed by atoms with E-state index in [9.17, 15) is 4.21 Å². The van der Waals surface area contributed by atoms with Crippen LogP contribution >= 0.6 is 11.3 Å². The van der Waals surface area contributed by atoms with Crippen LogP contribution in [0.25, 0.3) is 0 Å². The van der Waals surface area contributed by atoms with E-state index in [1.165, 1.54) is 4.88 Å². The highest BCUT2D eigenvalue weighted by Gasteiger charge is 1.98. The van der Waals surface area contributed by atoms with Gasteiger partial charge in [0.1, 0.15) is 0 Å². The van der Waals surface area contributed by atoms with Crippen molar-refractivity contribution in [3.63, 3.8) is 0 Å². The molecule has 1 aromatic carbocycles. The monoisotopic (exact) mass is 251 g/mol. The number of thiophene rings is 1. The molecular weight excluding hydrogens is 238 g/mol. The van der Waals surface area contributed by atoms with Crippen molar-refractivity contribution in [1.82, 2.24) is 0 Å². The van der Waals surface area contributed by atoms with Gasteiger partial charge in [-0.05, 0) is 35.7 Å². The van der Waals surface area contributed by atoms with Crippen LogP contribution in [0, 0.1) is 0 Å². The maximum absolute atomic E-state index is 11.2. The molecule has 1 aromatic heterocycles. The predicted molar refractivity (Wildman–Crippen MR) is 70.4 cm³/mol. The van der Waals surface area contributed by atoms with Crippen LogP contribution in [0.4, 0.5) is 5.69 Å². The Kier molecular flexibility index (Phi) is 3.74. The normalized spacial score (nSPS) is 12.3. The molecule has 1 atom stereocenters. The van der Waals surface area contributed by atoms with E-state index in [1.54, 1.807) is 17.6 Å². The number of anilines is 1. The number of nitrogens with one attached hydrogen (secondary N) is 1. The zero-order valence-electron chi connectivity index (χ0n) is 8.97. The molecule has 0 aliphatic rings. The standard InChI is InChI=1S/C12H13NOS2/c1-16(14)12-6-4-10(5-7-12)13-9-11-3-2-8-15-11/h2-8,13H,9H2,1H3.